The number of anilines is 1. The lowest BCUT2D eigenvalue weighted by atomic mass is 10.3. The van der Waals surface area contributed by atoms with Crippen LogP contribution >= 0.6 is 11.8 Å². The van der Waals surface area contributed by atoms with Gasteiger partial charge in [0.25, 0.3) is 5.91 Å². The molecule has 7 nitrogen and oxygen atoms in total. The quantitative estimate of drug-likeness (QED) is 0.623. The van der Waals surface area contributed by atoms with Gasteiger partial charge in [0, 0.05) is 31.4 Å². The second-order valence-corrected chi connectivity index (χ2v) is 6.61. The van der Waals surface area contributed by atoms with Gasteiger partial charge in [-0.15, -0.1) is 0 Å². The summed E-state index contributed by atoms with van der Waals surface area (Å²) in [6.45, 7) is 7.55. The lowest BCUT2D eigenvalue weighted by molar-refractivity contribution is 0.0927. The second kappa shape index (κ2) is 8.35. The summed E-state index contributed by atoms with van der Waals surface area (Å²) in [6.07, 6.45) is 0. The summed E-state index contributed by atoms with van der Waals surface area (Å²) in [5.74, 6) is 2.37. The SMILES string of the molecule is CCNC(=O)c1ccc(CSc2nc(C)cc(N3CCOCC3)n2)o1. The molecule has 1 fully saturated rings. The van der Waals surface area contributed by atoms with Crippen LogP contribution < -0.4 is 10.2 Å². The van der Waals surface area contributed by atoms with Gasteiger partial charge in [-0.05, 0) is 26.0 Å². The molecule has 0 unspecified atom stereocenters. The van der Waals surface area contributed by atoms with E-state index in [9.17, 15) is 4.79 Å². The van der Waals surface area contributed by atoms with E-state index in [2.05, 4.69) is 20.2 Å². The third kappa shape index (κ3) is 4.73. The summed E-state index contributed by atoms with van der Waals surface area (Å²) >= 11 is 1.50. The summed E-state index contributed by atoms with van der Waals surface area (Å²) in [4.78, 5) is 23.1. The van der Waals surface area contributed by atoms with Crippen LogP contribution in [0.4, 0.5) is 5.82 Å². The molecule has 1 N–H and O–H groups in total. The van der Waals surface area contributed by atoms with Crippen LogP contribution in [-0.4, -0.2) is 48.7 Å². The lowest BCUT2D eigenvalue weighted by Gasteiger charge is -2.28. The Bertz CT molecular complexity index is 728. The molecule has 0 aromatic carbocycles. The molecule has 0 bridgehead atoms. The number of aryl methyl sites for hydroxylation is 1. The number of furan rings is 1. The van der Waals surface area contributed by atoms with Crippen molar-refractivity contribution in [1.82, 2.24) is 15.3 Å². The van der Waals surface area contributed by atoms with Crippen molar-refractivity contribution in [3.05, 3.63) is 35.4 Å². The number of nitrogens with one attached hydrogen (secondary N) is 1. The molecule has 3 heterocycles. The molecule has 0 radical (unpaired) electrons. The molecule has 0 saturated carbocycles. The van der Waals surface area contributed by atoms with E-state index in [-0.39, 0.29) is 5.91 Å². The highest BCUT2D eigenvalue weighted by molar-refractivity contribution is 7.98. The van der Waals surface area contributed by atoms with Gasteiger partial charge in [-0.1, -0.05) is 11.8 Å². The normalized spacial score (nSPS) is 14.6. The highest BCUT2D eigenvalue weighted by atomic mass is 32.2. The Hall–Kier alpha value is -2.06. The maximum atomic E-state index is 11.7. The highest BCUT2D eigenvalue weighted by Gasteiger charge is 2.15. The fourth-order valence-corrected chi connectivity index (χ4v) is 3.30. The van der Waals surface area contributed by atoms with Crippen LogP contribution in [0, 0.1) is 6.92 Å². The first kappa shape index (κ1) is 17.8. The average Bonchev–Trinajstić information content (AvgIpc) is 3.10. The standard InChI is InChI=1S/C17H22N4O3S/c1-3-18-16(22)14-5-4-13(24-14)11-25-17-19-12(2)10-15(20-17)21-6-8-23-9-7-21/h4-5,10H,3,6-9,11H2,1-2H3,(H,18,22). The zero-order valence-electron chi connectivity index (χ0n) is 14.4. The minimum Gasteiger partial charge on any atom is -0.455 e. The van der Waals surface area contributed by atoms with Gasteiger partial charge >= 0.3 is 0 Å². The minimum absolute atomic E-state index is 0.194. The molecule has 1 amide bonds. The van der Waals surface area contributed by atoms with Gasteiger partial charge in [0.2, 0.25) is 0 Å². The Balaban J connectivity index is 1.64. The van der Waals surface area contributed by atoms with Crippen LogP contribution in [0.15, 0.2) is 27.8 Å². The van der Waals surface area contributed by atoms with Crippen molar-refractivity contribution in [2.45, 2.75) is 24.8 Å². The highest BCUT2D eigenvalue weighted by Crippen LogP contribution is 2.24. The Morgan fingerprint density at radius 2 is 2.12 bits per heavy atom. The predicted molar refractivity (Wildman–Crippen MR) is 96.1 cm³/mol. The lowest BCUT2D eigenvalue weighted by Crippen LogP contribution is -2.36. The molecule has 2 aromatic rings. The van der Waals surface area contributed by atoms with Gasteiger partial charge in [-0.3, -0.25) is 4.79 Å². The summed E-state index contributed by atoms with van der Waals surface area (Å²) in [6, 6.07) is 5.50. The van der Waals surface area contributed by atoms with Crippen LogP contribution in [0.5, 0.6) is 0 Å². The number of hydrogen-bond acceptors (Lipinski definition) is 7. The number of aromatic nitrogens is 2. The summed E-state index contributed by atoms with van der Waals surface area (Å²) in [5, 5.41) is 3.43. The van der Waals surface area contributed by atoms with E-state index in [1.165, 1.54) is 11.8 Å². The van der Waals surface area contributed by atoms with Crippen molar-refractivity contribution in [1.29, 1.82) is 0 Å². The molecular weight excluding hydrogens is 340 g/mol. The van der Waals surface area contributed by atoms with Crippen molar-refractivity contribution < 1.29 is 13.9 Å². The van der Waals surface area contributed by atoms with Crippen LogP contribution in [0.25, 0.3) is 0 Å². The third-order valence-corrected chi connectivity index (χ3v) is 4.59. The third-order valence-electron chi connectivity index (χ3n) is 3.72. The summed E-state index contributed by atoms with van der Waals surface area (Å²) in [7, 11) is 0. The molecule has 8 heteroatoms. The zero-order chi connectivity index (χ0) is 17.6. The largest absolute Gasteiger partial charge is 0.455 e. The minimum atomic E-state index is -0.194. The molecule has 1 aliphatic rings. The molecular formula is C17H22N4O3S. The van der Waals surface area contributed by atoms with E-state index in [1.54, 1.807) is 6.07 Å². The molecule has 1 aliphatic heterocycles. The molecule has 0 spiro atoms. The number of morpholine rings is 1. The Labute approximate surface area is 151 Å². The average molecular weight is 362 g/mol. The molecule has 0 aliphatic carbocycles. The van der Waals surface area contributed by atoms with Crippen LogP contribution in [0.1, 0.15) is 28.9 Å². The van der Waals surface area contributed by atoms with Crippen LogP contribution in [-0.2, 0) is 10.5 Å². The maximum absolute atomic E-state index is 11.7. The van der Waals surface area contributed by atoms with E-state index in [0.717, 1.165) is 43.6 Å². The molecule has 1 saturated heterocycles. The first-order valence-corrected chi connectivity index (χ1v) is 9.32. The number of nitrogens with zero attached hydrogens (tertiary/aromatic N) is 3. The number of hydrogen-bond donors (Lipinski definition) is 1. The number of ether oxygens (including phenoxy) is 1. The van der Waals surface area contributed by atoms with Crippen molar-refractivity contribution in [2.75, 3.05) is 37.7 Å². The summed E-state index contributed by atoms with van der Waals surface area (Å²) < 4.78 is 11.0. The number of carbonyl (C=O) groups excluding carboxylic acids is 1. The molecule has 25 heavy (non-hydrogen) atoms. The van der Waals surface area contributed by atoms with Crippen molar-refractivity contribution >= 4 is 23.5 Å². The Morgan fingerprint density at radius 3 is 2.88 bits per heavy atom. The first-order chi connectivity index (χ1) is 12.2. The number of thioether (sulfide) groups is 1. The monoisotopic (exact) mass is 362 g/mol. The van der Waals surface area contributed by atoms with Crippen molar-refractivity contribution in [3.8, 4) is 0 Å². The van der Waals surface area contributed by atoms with E-state index in [4.69, 9.17) is 9.15 Å². The predicted octanol–water partition coefficient (Wildman–Crippen LogP) is 2.26. The van der Waals surface area contributed by atoms with E-state index in [0.29, 0.717) is 23.2 Å². The first-order valence-electron chi connectivity index (χ1n) is 8.34. The van der Waals surface area contributed by atoms with Crippen LogP contribution in [0.2, 0.25) is 0 Å². The Kier molecular flexibility index (Phi) is 5.93. The number of carbonyl (C=O) groups is 1. The van der Waals surface area contributed by atoms with E-state index < -0.39 is 0 Å². The molecule has 3 rings (SSSR count). The molecule has 0 atom stereocenters. The maximum Gasteiger partial charge on any atom is 0.286 e. The molecule has 134 valence electrons. The smallest absolute Gasteiger partial charge is 0.286 e. The van der Waals surface area contributed by atoms with Gasteiger partial charge in [-0.2, -0.15) is 0 Å². The number of amides is 1. The molecule has 2 aromatic heterocycles. The fourth-order valence-electron chi connectivity index (χ4n) is 2.51. The van der Waals surface area contributed by atoms with Gasteiger partial charge in [-0.25, -0.2) is 9.97 Å². The van der Waals surface area contributed by atoms with Gasteiger partial charge in [0.05, 0.1) is 19.0 Å². The van der Waals surface area contributed by atoms with Crippen LogP contribution in [0.3, 0.4) is 0 Å². The number of rotatable bonds is 6. The topological polar surface area (TPSA) is 80.5 Å². The zero-order valence-corrected chi connectivity index (χ0v) is 15.3. The van der Waals surface area contributed by atoms with E-state index >= 15 is 0 Å². The summed E-state index contributed by atoms with van der Waals surface area (Å²) in [5.41, 5.74) is 0.932. The van der Waals surface area contributed by atoms with Gasteiger partial charge in [0.15, 0.2) is 10.9 Å². The van der Waals surface area contributed by atoms with Crippen molar-refractivity contribution in [2.24, 2.45) is 0 Å². The fraction of sp³-hybridized carbons (Fsp3) is 0.471. The van der Waals surface area contributed by atoms with Gasteiger partial charge in [0.1, 0.15) is 11.6 Å². The van der Waals surface area contributed by atoms with E-state index in [1.807, 2.05) is 26.0 Å². The van der Waals surface area contributed by atoms with Gasteiger partial charge < -0.3 is 19.4 Å². The second-order valence-electron chi connectivity index (χ2n) is 5.66. The Morgan fingerprint density at radius 1 is 1.32 bits per heavy atom. The van der Waals surface area contributed by atoms with Crippen molar-refractivity contribution in [3.63, 3.8) is 0 Å².